The Labute approximate surface area is 142 Å². The van der Waals surface area contributed by atoms with Gasteiger partial charge in [-0.1, -0.05) is 35.3 Å². The highest BCUT2D eigenvalue weighted by Crippen LogP contribution is 2.31. The van der Waals surface area contributed by atoms with Gasteiger partial charge >= 0.3 is 5.97 Å². The number of rotatable bonds is 6. The van der Waals surface area contributed by atoms with Crippen molar-refractivity contribution in [2.75, 3.05) is 7.11 Å². The lowest BCUT2D eigenvalue weighted by molar-refractivity contribution is -0.140. The molecule has 3 nitrogen and oxygen atoms in total. The molecule has 0 radical (unpaired) electrons. The monoisotopic (exact) mass is 356 g/mol. The Morgan fingerprint density at radius 3 is 2.59 bits per heavy atom. The highest BCUT2D eigenvalue weighted by Gasteiger charge is 2.24. The summed E-state index contributed by atoms with van der Waals surface area (Å²) in [7, 11) is 1.33. The van der Waals surface area contributed by atoms with Gasteiger partial charge in [-0.3, -0.25) is 9.59 Å². The van der Waals surface area contributed by atoms with Crippen molar-refractivity contribution < 1.29 is 14.3 Å². The van der Waals surface area contributed by atoms with Crippen molar-refractivity contribution in [3.63, 3.8) is 0 Å². The van der Waals surface area contributed by atoms with Gasteiger partial charge in [0.1, 0.15) is 0 Å². The van der Waals surface area contributed by atoms with Crippen molar-refractivity contribution in [2.24, 2.45) is 0 Å². The van der Waals surface area contributed by atoms with Crippen LogP contribution in [0.4, 0.5) is 0 Å². The van der Waals surface area contributed by atoms with Crippen LogP contribution in [0, 0.1) is 0 Å². The van der Waals surface area contributed by atoms with E-state index in [4.69, 9.17) is 23.2 Å². The van der Waals surface area contributed by atoms with Gasteiger partial charge < -0.3 is 4.74 Å². The van der Waals surface area contributed by atoms with E-state index in [1.165, 1.54) is 18.4 Å². The molecule has 0 N–H and O–H groups in total. The molecular weight excluding hydrogens is 343 g/mol. The molecule has 0 amide bonds. The van der Waals surface area contributed by atoms with Gasteiger partial charge in [0.25, 0.3) is 0 Å². The van der Waals surface area contributed by atoms with E-state index < -0.39 is 5.92 Å². The molecule has 6 heteroatoms. The number of hydrogen-bond acceptors (Lipinski definition) is 4. The molecule has 0 saturated carbocycles. The molecule has 2 aromatic rings. The molecule has 1 atom stereocenters. The first-order valence-electron chi connectivity index (χ1n) is 6.63. The van der Waals surface area contributed by atoms with E-state index in [0.29, 0.717) is 20.7 Å². The van der Waals surface area contributed by atoms with Crippen LogP contribution >= 0.6 is 34.5 Å². The minimum absolute atomic E-state index is 0.0666. The Morgan fingerprint density at radius 1 is 1.23 bits per heavy atom. The zero-order valence-corrected chi connectivity index (χ0v) is 14.2. The summed E-state index contributed by atoms with van der Waals surface area (Å²) in [5.74, 6) is -0.861. The average Bonchev–Trinajstić information content (AvgIpc) is 2.93. The number of carbonyl (C=O) groups excluding carboxylic acids is 2. The molecule has 1 aromatic carbocycles. The largest absolute Gasteiger partial charge is 0.469 e. The Kier molecular flexibility index (Phi) is 6.00. The summed E-state index contributed by atoms with van der Waals surface area (Å²) in [6, 6.07) is 10.5. The zero-order chi connectivity index (χ0) is 16.1. The second kappa shape index (κ2) is 7.77. The number of methoxy groups -OCH3 is 1. The molecule has 0 bridgehead atoms. The van der Waals surface area contributed by atoms with Crippen molar-refractivity contribution in [3.8, 4) is 0 Å². The number of carbonyl (C=O) groups is 2. The van der Waals surface area contributed by atoms with Crippen LogP contribution in [0.1, 0.15) is 34.0 Å². The molecule has 0 spiro atoms. The quantitative estimate of drug-likeness (QED) is 0.541. The van der Waals surface area contributed by atoms with Crippen LogP contribution in [0.5, 0.6) is 0 Å². The zero-order valence-electron chi connectivity index (χ0n) is 11.8. The van der Waals surface area contributed by atoms with Crippen molar-refractivity contribution >= 4 is 46.3 Å². The first kappa shape index (κ1) is 17.0. The molecule has 2 rings (SSSR count). The van der Waals surface area contributed by atoms with E-state index in [2.05, 4.69) is 4.74 Å². The van der Waals surface area contributed by atoms with E-state index in [1.54, 1.807) is 30.3 Å². The maximum atomic E-state index is 12.7. The fourth-order valence-corrected chi connectivity index (χ4v) is 3.39. The van der Waals surface area contributed by atoms with Gasteiger partial charge in [0.2, 0.25) is 0 Å². The summed E-state index contributed by atoms with van der Waals surface area (Å²) in [5.41, 5.74) is 0.783. The highest BCUT2D eigenvalue weighted by atomic mass is 35.5. The van der Waals surface area contributed by atoms with Crippen LogP contribution in [0.15, 0.2) is 36.4 Å². The van der Waals surface area contributed by atoms with Gasteiger partial charge in [-0.15, -0.1) is 11.3 Å². The molecule has 1 heterocycles. The minimum atomic E-state index is -0.451. The third-order valence-corrected chi connectivity index (χ3v) is 4.73. The number of esters is 1. The van der Waals surface area contributed by atoms with Crippen molar-refractivity contribution in [3.05, 3.63) is 56.2 Å². The van der Waals surface area contributed by atoms with Gasteiger partial charge in [0.15, 0.2) is 5.78 Å². The lowest BCUT2D eigenvalue weighted by atomic mass is 9.89. The second-order valence-electron chi connectivity index (χ2n) is 4.69. The van der Waals surface area contributed by atoms with E-state index in [1.807, 2.05) is 6.07 Å². The third kappa shape index (κ3) is 4.32. The Balaban J connectivity index is 2.28. The molecule has 22 heavy (non-hydrogen) atoms. The van der Waals surface area contributed by atoms with Crippen LogP contribution < -0.4 is 0 Å². The van der Waals surface area contributed by atoms with E-state index in [0.717, 1.165) is 5.56 Å². The van der Waals surface area contributed by atoms with E-state index in [9.17, 15) is 9.59 Å². The molecule has 0 unspecified atom stereocenters. The normalized spacial score (nSPS) is 12.0. The van der Waals surface area contributed by atoms with Crippen molar-refractivity contribution in [1.29, 1.82) is 0 Å². The average molecular weight is 357 g/mol. The first-order chi connectivity index (χ1) is 10.5. The summed E-state index contributed by atoms with van der Waals surface area (Å²) in [6.45, 7) is 0. The van der Waals surface area contributed by atoms with Crippen molar-refractivity contribution in [1.82, 2.24) is 0 Å². The lowest BCUT2D eigenvalue weighted by Crippen LogP contribution is -2.14. The molecule has 0 aliphatic carbocycles. The number of ether oxygens (including phenoxy) is 1. The Hall–Kier alpha value is -1.36. The van der Waals surface area contributed by atoms with Crippen LogP contribution in [0.25, 0.3) is 0 Å². The van der Waals surface area contributed by atoms with Gasteiger partial charge in [-0.2, -0.15) is 0 Å². The first-order valence-corrected chi connectivity index (χ1v) is 8.20. The van der Waals surface area contributed by atoms with Crippen LogP contribution in [-0.4, -0.2) is 18.9 Å². The number of Topliss-reactive ketones (excluding diaryl/α,β-unsaturated/α-hetero) is 1. The summed E-state index contributed by atoms with van der Waals surface area (Å²) >= 11 is 13.1. The number of ketones is 1. The summed E-state index contributed by atoms with van der Waals surface area (Å²) in [6.07, 6.45) is 0.528. The summed E-state index contributed by atoms with van der Waals surface area (Å²) in [5, 5.41) is 0.553. The SMILES string of the molecule is COC(=O)CC[C@@H](C(=O)c1ccc(Cl)s1)c1cccc(Cl)c1. The molecule has 1 aromatic heterocycles. The van der Waals surface area contributed by atoms with Crippen LogP contribution in [-0.2, 0) is 9.53 Å². The summed E-state index contributed by atoms with van der Waals surface area (Å²) < 4.78 is 5.21. The second-order valence-corrected chi connectivity index (χ2v) is 6.84. The maximum Gasteiger partial charge on any atom is 0.305 e. The van der Waals surface area contributed by atoms with Crippen LogP contribution in [0.2, 0.25) is 9.36 Å². The number of thiophene rings is 1. The van der Waals surface area contributed by atoms with Crippen molar-refractivity contribution in [2.45, 2.75) is 18.8 Å². The smallest absolute Gasteiger partial charge is 0.305 e. The molecule has 0 aliphatic rings. The predicted octanol–water partition coefficient (Wildman–Crippen LogP) is 4.97. The molecule has 0 fully saturated rings. The molecule has 116 valence electrons. The van der Waals surface area contributed by atoms with Gasteiger partial charge in [0.05, 0.1) is 16.3 Å². The fourth-order valence-electron chi connectivity index (χ4n) is 2.16. The number of hydrogen-bond donors (Lipinski definition) is 0. The maximum absolute atomic E-state index is 12.7. The van der Waals surface area contributed by atoms with Crippen LogP contribution in [0.3, 0.4) is 0 Å². The lowest BCUT2D eigenvalue weighted by Gasteiger charge is -2.15. The fraction of sp³-hybridized carbons (Fsp3) is 0.250. The highest BCUT2D eigenvalue weighted by molar-refractivity contribution is 7.18. The molecular formula is C16H14Cl2O3S. The van der Waals surface area contributed by atoms with Gasteiger partial charge in [-0.05, 0) is 36.2 Å². The van der Waals surface area contributed by atoms with Gasteiger partial charge in [-0.25, -0.2) is 0 Å². The van der Waals surface area contributed by atoms with E-state index >= 15 is 0 Å². The topological polar surface area (TPSA) is 43.4 Å². The Morgan fingerprint density at radius 2 is 2.00 bits per heavy atom. The van der Waals surface area contributed by atoms with Gasteiger partial charge in [0, 0.05) is 17.4 Å². The Bertz CT molecular complexity index is 682. The number of benzene rings is 1. The molecule has 0 saturated heterocycles. The summed E-state index contributed by atoms with van der Waals surface area (Å²) in [4.78, 5) is 24.7. The van der Waals surface area contributed by atoms with E-state index in [-0.39, 0.29) is 18.2 Å². The number of halogens is 2. The minimum Gasteiger partial charge on any atom is -0.469 e. The standard InChI is InChI=1S/C16H14Cl2O3S/c1-21-15(19)8-5-12(10-3-2-4-11(17)9-10)16(20)13-6-7-14(18)22-13/h2-4,6-7,9,12H,5,8H2,1H3/t12-/m1/s1. The third-order valence-electron chi connectivity index (χ3n) is 3.25. The molecule has 0 aliphatic heterocycles. The predicted molar refractivity (Wildman–Crippen MR) is 89.1 cm³/mol.